The number of carbonyl (C=O) groups excluding carboxylic acids is 1. The number of para-hydroxylation sites is 2. The highest BCUT2D eigenvalue weighted by Gasteiger charge is 2.27. The molecule has 4 rings (SSSR count). The molecule has 0 aliphatic heterocycles. The predicted octanol–water partition coefficient (Wildman–Crippen LogP) is 4.42. The highest BCUT2D eigenvalue weighted by atomic mass is 16.8. The van der Waals surface area contributed by atoms with Gasteiger partial charge in [0.2, 0.25) is 0 Å². The number of aryl methyl sites for hydroxylation is 1. The van der Waals surface area contributed by atoms with Crippen molar-refractivity contribution in [1.29, 1.82) is 0 Å². The number of benzene rings is 2. The van der Waals surface area contributed by atoms with E-state index in [1.54, 1.807) is 54.3 Å². The lowest BCUT2D eigenvalue weighted by atomic mass is 9.96. The molecule has 1 aromatic heterocycles. The Morgan fingerprint density at radius 2 is 1.91 bits per heavy atom. The molecule has 0 unspecified atom stereocenters. The second-order valence-corrected chi connectivity index (χ2v) is 7.92. The third-order valence-corrected chi connectivity index (χ3v) is 5.78. The maximum absolute atomic E-state index is 12.4. The molecule has 9 heteroatoms. The van der Waals surface area contributed by atoms with Crippen LogP contribution in [0.3, 0.4) is 0 Å². The monoisotopic (exact) mass is 448 g/mol. The summed E-state index contributed by atoms with van der Waals surface area (Å²) in [5.41, 5.74) is 4.03. The molecule has 9 nitrogen and oxygen atoms in total. The zero-order valence-electron chi connectivity index (χ0n) is 18.6. The first-order chi connectivity index (χ1) is 15.9. The van der Waals surface area contributed by atoms with Crippen molar-refractivity contribution in [3.05, 3.63) is 82.8 Å². The van der Waals surface area contributed by atoms with Crippen molar-refractivity contribution in [2.75, 3.05) is 17.7 Å². The molecule has 0 bridgehead atoms. The number of nitrogens with one attached hydrogen (secondary N) is 2. The van der Waals surface area contributed by atoms with E-state index >= 15 is 0 Å². The molecule has 2 aromatic carbocycles. The molecule has 0 saturated carbocycles. The summed E-state index contributed by atoms with van der Waals surface area (Å²) >= 11 is 0. The van der Waals surface area contributed by atoms with Gasteiger partial charge in [-0.3, -0.25) is 5.21 Å². The van der Waals surface area contributed by atoms with Crippen LogP contribution in [0.1, 0.15) is 29.3 Å². The highest BCUT2D eigenvalue weighted by Crippen LogP contribution is 2.35. The molecule has 33 heavy (non-hydrogen) atoms. The second-order valence-electron chi connectivity index (χ2n) is 7.92. The number of methoxy groups -OCH3 is 1. The molecular weight excluding hydrogens is 422 g/mol. The van der Waals surface area contributed by atoms with Crippen molar-refractivity contribution in [2.24, 2.45) is 0 Å². The maximum atomic E-state index is 12.4. The molecule has 172 valence electrons. The van der Waals surface area contributed by atoms with Crippen LogP contribution in [0.4, 0.5) is 16.2 Å². The summed E-state index contributed by atoms with van der Waals surface area (Å²) in [6.07, 6.45) is 4.74. The summed E-state index contributed by atoms with van der Waals surface area (Å²) in [4.78, 5) is 12.4. The fraction of sp³-hybridized carbons (Fsp3) is 0.250. The van der Waals surface area contributed by atoms with Crippen molar-refractivity contribution < 1.29 is 14.7 Å². The minimum atomic E-state index is -0.285. The molecule has 1 aliphatic rings. The third-order valence-electron chi connectivity index (χ3n) is 5.78. The highest BCUT2D eigenvalue weighted by molar-refractivity contribution is 5.89. The Hall–Kier alpha value is -3.82. The number of urea groups is 1. The van der Waals surface area contributed by atoms with Gasteiger partial charge in [-0.2, -0.15) is 5.10 Å². The average molecular weight is 449 g/mol. The summed E-state index contributed by atoms with van der Waals surface area (Å²) in [5, 5.41) is 31.3. The smallest absolute Gasteiger partial charge is 0.319 e. The van der Waals surface area contributed by atoms with Crippen LogP contribution >= 0.6 is 0 Å². The molecule has 0 spiro atoms. The molecule has 0 radical (unpaired) electrons. The van der Waals surface area contributed by atoms with Gasteiger partial charge in [-0.05, 0) is 56.7 Å². The van der Waals surface area contributed by atoms with Gasteiger partial charge in [-0.1, -0.05) is 24.3 Å². The summed E-state index contributed by atoms with van der Waals surface area (Å²) in [5.74, 6) is 0.785. The summed E-state index contributed by atoms with van der Waals surface area (Å²) in [6, 6.07) is 13.4. The summed E-state index contributed by atoms with van der Waals surface area (Å²) < 4.78 is 6.80. The fourth-order valence-electron chi connectivity index (χ4n) is 4.26. The number of amides is 2. The van der Waals surface area contributed by atoms with E-state index in [1.807, 2.05) is 19.9 Å². The van der Waals surface area contributed by atoms with Gasteiger partial charge in [0.1, 0.15) is 5.75 Å². The number of hydrogen-bond donors (Lipinski definition) is 3. The van der Waals surface area contributed by atoms with Crippen molar-refractivity contribution in [3.63, 3.8) is 0 Å². The van der Waals surface area contributed by atoms with Gasteiger partial charge >= 0.3 is 6.03 Å². The molecule has 3 N–H and O–H groups in total. The second kappa shape index (κ2) is 9.35. The molecule has 0 fully saturated rings. The molecule has 0 saturated heterocycles. The van der Waals surface area contributed by atoms with Gasteiger partial charge in [-0.25, -0.2) is 9.48 Å². The quantitative estimate of drug-likeness (QED) is 0.380. The standard InChI is InChI=1S/C24H26N5O4/c1-15-23(16(2)28(27-15)21-6-4-5-7-22(21)29(31)32)17-8-9-19(14-17)26-24(30)25-18-10-12-20(33-3)13-11-18/h4-13,17,19,31H,14H2,1-3H3,(H2,25,26,30)/q-1/t17-,19+/m0/s1. The Bertz CT molecular complexity index is 1170. The van der Waals surface area contributed by atoms with E-state index in [-0.39, 0.29) is 28.9 Å². The fourth-order valence-corrected chi connectivity index (χ4v) is 4.26. The first-order valence-corrected chi connectivity index (χ1v) is 10.6. The number of hydrogen-bond acceptors (Lipinski definition) is 6. The predicted molar refractivity (Wildman–Crippen MR) is 126 cm³/mol. The van der Waals surface area contributed by atoms with E-state index in [0.717, 1.165) is 22.7 Å². The Morgan fingerprint density at radius 1 is 1.18 bits per heavy atom. The minimum absolute atomic E-state index is 0.0645. The minimum Gasteiger partial charge on any atom is -0.733 e. The lowest BCUT2D eigenvalue weighted by Gasteiger charge is -2.24. The van der Waals surface area contributed by atoms with Crippen LogP contribution < -0.4 is 20.6 Å². The van der Waals surface area contributed by atoms with Gasteiger partial charge in [-0.15, -0.1) is 0 Å². The zero-order chi connectivity index (χ0) is 23.5. The van der Waals surface area contributed by atoms with Gasteiger partial charge < -0.3 is 25.8 Å². The van der Waals surface area contributed by atoms with Gasteiger partial charge in [0.15, 0.2) is 0 Å². The zero-order valence-corrected chi connectivity index (χ0v) is 18.6. The van der Waals surface area contributed by atoms with Gasteiger partial charge in [0, 0.05) is 28.9 Å². The topological polar surface area (TPSA) is 115 Å². The van der Waals surface area contributed by atoms with Gasteiger partial charge in [0.25, 0.3) is 0 Å². The number of ether oxygens (including phenoxy) is 1. The van der Waals surface area contributed by atoms with Crippen LogP contribution in [0.15, 0.2) is 60.7 Å². The van der Waals surface area contributed by atoms with E-state index in [9.17, 15) is 15.2 Å². The van der Waals surface area contributed by atoms with Crippen LogP contribution in [0.5, 0.6) is 5.75 Å². The first-order valence-electron chi connectivity index (χ1n) is 10.6. The summed E-state index contributed by atoms with van der Waals surface area (Å²) in [7, 11) is 1.59. The maximum Gasteiger partial charge on any atom is 0.319 e. The van der Waals surface area contributed by atoms with Crippen LogP contribution in [0, 0.1) is 19.1 Å². The Morgan fingerprint density at radius 3 is 2.61 bits per heavy atom. The first kappa shape index (κ1) is 22.4. The molecule has 3 aromatic rings. The average Bonchev–Trinajstić information content (AvgIpc) is 3.37. The number of aromatic nitrogens is 2. The van der Waals surface area contributed by atoms with Crippen LogP contribution in [0.2, 0.25) is 0 Å². The van der Waals surface area contributed by atoms with Crippen LogP contribution in [-0.2, 0) is 0 Å². The Kier molecular flexibility index (Phi) is 6.34. The SMILES string of the molecule is COc1ccc(NC(=O)N[C@@H]2C=C[C@H](c3c(C)nn(-c4ccccc4N([O-])O)c3C)C2)cc1. The Balaban J connectivity index is 1.45. The number of carbonyl (C=O) groups is 1. The lowest BCUT2D eigenvalue weighted by molar-refractivity contribution is 0.250. The third kappa shape index (κ3) is 4.69. The lowest BCUT2D eigenvalue weighted by Crippen LogP contribution is -2.36. The Labute approximate surface area is 191 Å². The normalized spacial score (nSPS) is 17.1. The molecule has 2 atom stereocenters. The molecule has 1 heterocycles. The number of rotatable bonds is 6. The van der Waals surface area contributed by atoms with Crippen molar-refractivity contribution in [2.45, 2.75) is 32.2 Å². The largest absolute Gasteiger partial charge is 0.733 e. The molecule has 1 aliphatic carbocycles. The number of nitrogens with zero attached hydrogens (tertiary/aromatic N) is 3. The number of anilines is 2. The van der Waals surface area contributed by atoms with E-state index in [0.29, 0.717) is 17.8 Å². The molecular formula is C24H26N5O4-. The molecule has 2 amide bonds. The number of allylic oxidation sites excluding steroid dienone is 1. The van der Waals surface area contributed by atoms with Gasteiger partial charge in [0.05, 0.1) is 24.2 Å². The van der Waals surface area contributed by atoms with Crippen molar-refractivity contribution in [3.8, 4) is 11.4 Å². The summed E-state index contributed by atoms with van der Waals surface area (Å²) in [6.45, 7) is 3.85. The van der Waals surface area contributed by atoms with Crippen molar-refractivity contribution >= 4 is 17.4 Å². The van der Waals surface area contributed by atoms with E-state index in [2.05, 4.69) is 21.8 Å². The van der Waals surface area contributed by atoms with E-state index < -0.39 is 0 Å². The van der Waals surface area contributed by atoms with E-state index in [4.69, 9.17) is 4.74 Å². The van der Waals surface area contributed by atoms with Crippen LogP contribution in [-0.4, -0.2) is 34.2 Å². The van der Waals surface area contributed by atoms with E-state index in [1.165, 1.54) is 6.07 Å². The van der Waals surface area contributed by atoms with Crippen molar-refractivity contribution in [1.82, 2.24) is 15.1 Å². The van der Waals surface area contributed by atoms with Crippen LogP contribution in [0.25, 0.3) is 5.69 Å².